The third-order valence-corrected chi connectivity index (χ3v) is 3.34. The van der Waals surface area contributed by atoms with E-state index in [4.69, 9.17) is 4.74 Å². The fourth-order valence-electron chi connectivity index (χ4n) is 1.80. The average molecular weight is 324 g/mol. The van der Waals surface area contributed by atoms with Crippen molar-refractivity contribution in [3.05, 3.63) is 64.4 Å². The van der Waals surface area contributed by atoms with Crippen LogP contribution in [0.4, 0.5) is 4.39 Å². The second-order valence-electron chi connectivity index (χ2n) is 4.15. The molecule has 19 heavy (non-hydrogen) atoms. The van der Waals surface area contributed by atoms with Gasteiger partial charge in [0.1, 0.15) is 17.7 Å². The van der Waals surface area contributed by atoms with Crippen LogP contribution in [0.2, 0.25) is 0 Å². The summed E-state index contributed by atoms with van der Waals surface area (Å²) in [5.74, 6) is 0.342. The van der Waals surface area contributed by atoms with Crippen molar-refractivity contribution in [1.82, 2.24) is 5.32 Å². The Bertz CT molecular complexity index is 533. The quantitative estimate of drug-likeness (QED) is 0.900. The molecular formula is C15H15BrFNO. The highest BCUT2D eigenvalue weighted by Gasteiger charge is 2.13. The summed E-state index contributed by atoms with van der Waals surface area (Å²) in [5.41, 5.74) is 1.08. The van der Waals surface area contributed by atoms with E-state index in [1.165, 1.54) is 6.07 Å². The van der Waals surface area contributed by atoms with E-state index in [0.717, 1.165) is 5.56 Å². The molecule has 0 spiro atoms. The Labute approximate surface area is 120 Å². The van der Waals surface area contributed by atoms with Gasteiger partial charge in [-0.3, -0.25) is 0 Å². The Morgan fingerprint density at radius 3 is 2.58 bits per heavy atom. The lowest BCUT2D eigenvalue weighted by atomic mass is 10.1. The molecule has 0 aromatic heterocycles. The van der Waals surface area contributed by atoms with Gasteiger partial charge in [0, 0.05) is 6.54 Å². The fraction of sp³-hybridized carbons (Fsp3) is 0.200. The highest BCUT2D eigenvalue weighted by Crippen LogP contribution is 2.26. The van der Waals surface area contributed by atoms with E-state index in [9.17, 15) is 4.39 Å². The van der Waals surface area contributed by atoms with Crippen LogP contribution in [-0.2, 0) is 0 Å². The van der Waals surface area contributed by atoms with Gasteiger partial charge >= 0.3 is 0 Å². The summed E-state index contributed by atoms with van der Waals surface area (Å²) in [6, 6.07) is 14.6. The Kier molecular flexibility index (Phi) is 4.93. The van der Waals surface area contributed by atoms with E-state index in [-0.39, 0.29) is 11.9 Å². The Morgan fingerprint density at radius 2 is 1.95 bits per heavy atom. The van der Waals surface area contributed by atoms with Gasteiger partial charge in [-0.1, -0.05) is 30.3 Å². The van der Waals surface area contributed by atoms with Gasteiger partial charge in [-0.15, -0.1) is 0 Å². The highest BCUT2D eigenvalue weighted by atomic mass is 79.9. The molecule has 2 aromatic carbocycles. The van der Waals surface area contributed by atoms with Crippen LogP contribution in [0.5, 0.6) is 5.75 Å². The van der Waals surface area contributed by atoms with Crippen molar-refractivity contribution in [2.45, 2.75) is 6.10 Å². The first-order valence-corrected chi connectivity index (χ1v) is 6.81. The number of likely N-dealkylation sites (N-methyl/N-ethyl adjacent to an activating group) is 1. The normalized spacial score (nSPS) is 12.2. The number of ether oxygens (including phenoxy) is 1. The molecule has 0 aliphatic heterocycles. The molecule has 0 aliphatic carbocycles. The summed E-state index contributed by atoms with van der Waals surface area (Å²) in [6.45, 7) is 0.680. The third kappa shape index (κ3) is 3.78. The predicted molar refractivity (Wildman–Crippen MR) is 77.8 cm³/mol. The van der Waals surface area contributed by atoms with Crippen LogP contribution in [0, 0.1) is 5.82 Å². The molecule has 100 valence electrons. The van der Waals surface area contributed by atoms with Gasteiger partial charge in [0.25, 0.3) is 0 Å². The minimum Gasteiger partial charge on any atom is -0.484 e. The molecule has 0 heterocycles. The first-order chi connectivity index (χ1) is 9.20. The summed E-state index contributed by atoms with van der Waals surface area (Å²) >= 11 is 3.16. The number of nitrogens with one attached hydrogen (secondary N) is 1. The second-order valence-corrected chi connectivity index (χ2v) is 5.01. The van der Waals surface area contributed by atoms with Gasteiger partial charge < -0.3 is 10.1 Å². The minimum absolute atomic E-state index is 0.108. The summed E-state index contributed by atoms with van der Waals surface area (Å²) in [7, 11) is 1.87. The van der Waals surface area contributed by atoms with Gasteiger partial charge in [0.15, 0.2) is 0 Å². The van der Waals surface area contributed by atoms with Crippen molar-refractivity contribution in [1.29, 1.82) is 0 Å². The van der Waals surface area contributed by atoms with Gasteiger partial charge in [0.2, 0.25) is 0 Å². The average Bonchev–Trinajstić information content (AvgIpc) is 2.43. The van der Waals surface area contributed by atoms with E-state index in [1.807, 2.05) is 37.4 Å². The molecule has 0 aliphatic rings. The first-order valence-electron chi connectivity index (χ1n) is 6.02. The number of benzene rings is 2. The van der Waals surface area contributed by atoms with Crippen molar-refractivity contribution in [2.75, 3.05) is 13.6 Å². The van der Waals surface area contributed by atoms with Gasteiger partial charge in [-0.05, 0) is 46.7 Å². The molecular weight excluding hydrogens is 309 g/mol. The molecule has 0 fully saturated rings. The van der Waals surface area contributed by atoms with E-state index in [2.05, 4.69) is 21.2 Å². The predicted octanol–water partition coefficient (Wildman–Crippen LogP) is 3.93. The SMILES string of the molecule is CNCC(Oc1ccc(F)c(Br)c1)c1ccccc1. The molecule has 0 bridgehead atoms. The van der Waals surface area contributed by atoms with Crippen LogP contribution >= 0.6 is 15.9 Å². The summed E-state index contributed by atoms with van der Waals surface area (Å²) < 4.78 is 19.5. The lowest BCUT2D eigenvalue weighted by Crippen LogP contribution is -2.21. The molecule has 1 unspecified atom stereocenters. The molecule has 1 N–H and O–H groups in total. The molecule has 2 aromatic rings. The zero-order valence-corrected chi connectivity index (χ0v) is 12.2. The van der Waals surface area contributed by atoms with Crippen LogP contribution in [-0.4, -0.2) is 13.6 Å². The van der Waals surface area contributed by atoms with Crippen LogP contribution in [0.3, 0.4) is 0 Å². The number of halogens is 2. The van der Waals surface area contributed by atoms with Crippen LogP contribution < -0.4 is 10.1 Å². The minimum atomic E-state index is -0.294. The van der Waals surface area contributed by atoms with Crippen LogP contribution in [0.25, 0.3) is 0 Å². The Morgan fingerprint density at radius 1 is 1.21 bits per heavy atom. The zero-order chi connectivity index (χ0) is 13.7. The molecule has 4 heteroatoms. The van der Waals surface area contributed by atoms with Crippen LogP contribution in [0.1, 0.15) is 11.7 Å². The Balaban J connectivity index is 2.19. The molecule has 0 amide bonds. The number of hydrogen-bond acceptors (Lipinski definition) is 2. The molecule has 0 saturated carbocycles. The molecule has 1 atom stereocenters. The maximum absolute atomic E-state index is 13.2. The third-order valence-electron chi connectivity index (χ3n) is 2.73. The van der Waals surface area contributed by atoms with E-state index in [1.54, 1.807) is 12.1 Å². The first kappa shape index (κ1) is 14.0. The van der Waals surface area contributed by atoms with Gasteiger partial charge in [-0.25, -0.2) is 4.39 Å². The van der Waals surface area contributed by atoms with Crippen molar-refractivity contribution in [2.24, 2.45) is 0 Å². The van der Waals surface area contributed by atoms with Crippen molar-refractivity contribution in [3.63, 3.8) is 0 Å². The van der Waals surface area contributed by atoms with Gasteiger partial charge in [0.05, 0.1) is 4.47 Å². The van der Waals surface area contributed by atoms with Gasteiger partial charge in [-0.2, -0.15) is 0 Å². The highest BCUT2D eigenvalue weighted by molar-refractivity contribution is 9.10. The molecule has 2 nitrogen and oxygen atoms in total. The lowest BCUT2D eigenvalue weighted by Gasteiger charge is -2.19. The maximum atomic E-state index is 13.2. The molecule has 2 rings (SSSR count). The summed E-state index contributed by atoms with van der Waals surface area (Å²) in [5, 5.41) is 3.10. The molecule has 0 saturated heterocycles. The van der Waals surface area contributed by atoms with Crippen LogP contribution in [0.15, 0.2) is 53.0 Å². The van der Waals surface area contributed by atoms with Crippen molar-refractivity contribution < 1.29 is 9.13 Å². The lowest BCUT2D eigenvalue weighted by molar-refractivity contribution is 0.204. The van der Waals surface area contributed by atoms with Crippen molar-refractivity contribution >= 4 is 15.9 Å². The van der Waals surface area contributed by atoms with E-state index < -0.39 is 0 Å². The second kappa shape index (κ2) is 6.68. The number of hydrogen-bond donors (Lipinski definition) is 1. The van der Waals surface area contributed by atoms with E-state index in [0.29, 0.717) is 16.8 Å². The van der Waals surface area contributed by atoms with E-state index >= 15 is 0 Å². The monoisotopic (exact) mass is 323 g/mol. The number of rotatable bonds is 5. The van der Waals surface area contributed by atoms with Crippen molar-refractivity contribution in [3.8, 4) is 5.75 Å². The maximum Gasteiger partial charge on any atom is 0.137 e. The summed E-state index contributed by atoms with van der Waals surface area (Å²) in [4.78, 5) is 0. The Hall–Kier alpha value is -1.39. The standard InChI is InChI=1S/C15H15BrFNO/c1-18-10-15(11-5-3-2-4-6-11)19-12-7-8-14(17)13(16)9-12/h2-9,15,18H,10H2,1H3. The summed E-state index contributed by atoms with van der Waals surface area (Å²) in [6.07, 6.45) is -0.108. The molecule has 0 radical (unpaired) electrons. The smallest absolute Gasteiger partial charge is 0.137 e. The fourth-order valence-corrected chi connectivity index (χ4v) is 2.15. The largest absolute Gasteiger partial charge is 0.484 e. The topological polar surface area (TPSA) is 21.3 Å². The zero-order valence-electron chi connectivity index (χ0n) is 10.6.